The van der Waals surface area contributed by atoms with E-state index in [1.54, 1.807) is 0 Å². The molecule has 0 saturated carbocycles. The van der Waals surface area contributed by atoms with Crippen molar-refractivity contribution in [1.29, 1.82) is 0 Å². The van der Waals surface area contributed by atoms with Crippen LogP contribution in [0.25, 0.3) is 0 Å². The van der Waals surface area contributed by atoms with Gasteiger partial charge in [-0.05, 0) is 46.5 Å². The summed E-state index contributed by atoms with van der Waals surface area (Å²) in [7, 11) is 4.05. The fraction of sp³-hybridized carbons (Fsp3) is 0.938. The molecule has 1 saturated heterocycles. The van der Waals surface area contributed by atoms with E-state index in [-0.39, 0.29) is 28.7 Å². The van der Waals surface area contributed by atoms with Crippen molar-refractivity contribution in [3.05, 3.63) is 0 Å². The number of unbranched alkanes of at least 4 members (excludes halogenated alkanes) is 1. The highest BCUT2D eigenvalue weighted by atomic mass is 127. The maximum atomic E-state index is 4.29. The molecule has 0 amide bonds. The quantitative estimate of drug-likeness (QED) is 0.253. The predicted molar refractivity (Wildman–Crippen MR) is 116 cm³/mol. The molecule has 23 heavy (non-hydrogen) atoms. The van der Waals surface area contributed by atoms with E-state index in [0.29, 0.717) is 0 Å². The molecular weight excluding hydrogens is 421 g/mol. The second kappa shape index (κ2) is 12.6. The summed E-state index contributed by atoms with van der Waals surface area (Å²) < 4.78 is 0.235. The average Bonchev–Trinajstić information content (AvgIpc) is 2.51. The first-order chi connectivity index (χ1) is 10.5. The van der Waals surface area contributed by atoms with Gasteiger partial charge in [-0.3, -0.25) is 4.99 Å². The third-order valence-corrected chi connectivity index (χ3v) is 5.50. The lowest BCUT2D eigenvalue weighted by atomic mass is 10.2. The van der Waals surface area contributed by atoms with Crippen molar-refractivity contribution in [2.75, 3.05) is 66.2 Å². The summed E-state index contributed by atoms with van der Waals surface area (Å²) in [6.07, 6.45) is 4.60. The van der Waals surface area contributed by atoms with Crippen molar-refractivity contribution in [1.82, 2.24) is 20.4 Å². The highest BCUT2D eigenvalue weighted by molar-refractivity contribution is 14.0. The second-order valence-corrected chi connectivity index (χ2v) is 8.18. The molecule has 1 heterocycles. The smallest absolute Gasteiger partial charge is 0.191 e. The van der Waals surface area contributed by atoms with Crippen molar-refractivity contribution in [3.63, 3.8) is 0 Å². The van der Waals surface area contributed by atoms with Crippen LogP contribution >= 0.6 is 35.7 Å². The molecule has 1 fully saturated rings. The summed E-state index contributed by atoms with van der Waals surface area (Å²) in [5, 5.41) is 6.82. The topological polar surface area (TPSA) is 42.9 Å². The fourth-order valence-electron chi connectivity index (χ4n) is 2.33. The van der Waals surface area contributed by atoms with Crippen molar-refractivity contribution in [2.45, 2.75) is 31.4 Å². The number of hydrogen-bond acceptors (Lipinski definition) is 4. The summed E-state index contributed by atoms with van der Waals surface area (Å²) in [6, 6.07) is 0. The largest absolute Gasteiger partial charge is 0.356 e. The number of guanidine groups is 1. The Balaban J connectivity index is 0.00000484. The van der Waals surface area contributed by atoms with E-state index in [1.165, 1.54) is 45.6 Å². The number of hydrogen-bond donors (Lipinski definition) is 2. The van der Waals surface area contributed by atoms with Gasteiger partial charge in [0, 0.05) is 51.1 Å². The summed E-state index contributed by atoms with van der Waals surface area (Å²) in [4.78, 5) is 9.27. The van der Waals surface area contributed by atoms with E-state index in [1.807, 2.05) is 18.8 Å². The molecule has 138 valence electrons. The van der Waals surface area contributed by atoms with E-state index in [4.69, 9.17) is 0 Å². The summed E-state index contributed by atoms with van der Waals surface area (Å²) >= 11 is 1.87. The number of thioether (sulfide) groups is 1. The number of likely N-dealkylation sites (N-methyl/N-ethyl adjacent to an activating group) is 1. The molecule has 1 aliphatic heterocycles. The van der Waals surface area contributed by atoms with Gasteiger partial charge >= 0.3 is 0 Å². The number of halogens is 1. The highest BCUT2D eigenvalue weighted by Gasteiger charge is 2.16. The van der Waals surface area contributed by atoms with E-state index in [0.717, 1.165) is 19.0 Å². The van der Waals surface area contributed by atoms with Crippen LogP contribution in [0.4, 0.5) is 0 Å². The lowest BCUT2D eigenvalue weighted by molar-refractivity contribution is 0.152. The molecule has 0 aliphatic carbocycles. The van der Waals surface area contributed by atoms with Crippen LogP contribution in [0, 0.1) is 0 Å². The number of nitrogens with zero attached hydrogens (tertiary/aromatic N) is 3. The summed E-state index contributed by atoms with van der Waals surface area (Å²) in [5.41, 5.74) is 0. The Kier molecular flexibility index (Phi) is 12.8. The lowest BCUT2D eigenvalue weighted by Gasteiger charge is -2.32. The van der Waals surface area contributed by atoms with Gasteiger partial charge in [0.2, 0.25) is 0 Å². The van der Waals surface area contributed by atoms with E-state index >= 15 is 0 Å². The molecule has 0 aromatic carbocycles. The van der Waals surface area contributed by atoms with Crippen LogP contribution in [0.5, 0.6) is 0 Å². The minimum Gasteiger partial charge on any atom is -0.356 e. The molecule has 1 aliphatic rings. The average molecular weight is 457 g/mol. The first kappa shape index (κ1) is 23.3. The Labute approximate surface area is 164 Å². The fourth-order valence-corrected chi connectivity index (χ4v) is 2.54. The molecule has 0 radical (unpaired) electrons. The van der Waals surface area contributed by atoms with Gasteiger partial charge in [0.25, 0.3) is 0 Å². The third-order valence-electron chi connectivity index (χ3n) is 4.25. The Morgan fingerprint density at radius 1 is 1.13 bits per heavy atom. The molecule has 0 spiro atoms. The SMILES string of the molecule is CN=C(NCCCCN1CCN(C)CC1)NCC(C)(C)SC.I. The van der Waals surface area contributed by atoms with Crippen LogP contribution in [0.3, 0.4) is 0 Å². The molecule has 1 rings (SSSR count). The van der Waals surface area contributed by atoms with Crippen LogP contribution in [0.1, 0.15) is 26.7 Å². The van der Waals surface area contributed by atoms with Crippen molar-refractivity contribution < 1.29 is 0 Å². The molecule has 7 heteroatoms. The highest BCUT2D eigenvalue weighted by Crippen LogP contribution is 2.19. The minimum absolute atomic E-state index is 0. The number of piperazine rings is 1. The van der Waals surface area contributed by atoms with Gasteiger partial charge in [-0.1, -0.05) is 0 Å². The third kappa shape index (κ3) is 10.7. The van der Waals surface area contributed by atoms with Gasteiger partial charge in [-0.25, -0.2) is 0 Å². The van der Waals surface area contributed by atoms with Crippen LogP contribution in [-0.2, 0) is 0 Å². The van der Waals surface area contributed by atoms with Crippen molar-refractivity contribution >= 4 is 41.7 Å². The first-order valence-electron chi connectivity index (χ1n) is 8.37. The normalized spacial score (nSPS) is 17.7. The second-order valence-electron chi connectivity index (χ2n) is 6.67. The van der Waals surface area contributed by atoms with Gasteiger partial charge in [-0.2, -0.15) is 11.8 Å². The molecular formula is C16H36IN5S. The molecule has 5 nitrogen and oxygen atoms in total. The molecule has 0 atom stereocenters. The minimum atomic E-state index is 0. The number of rotatable bonds is 8. The number of nitrogens with one attached hydrogen (secondary N) is 2. The molecule has 0 unspecified atom stereocenters. The van der Waals surface area contributed by atoms with E-state index in [2.05, 4.69) is 52.6 Å². The monoisotopic (exact) mass is 457 g/mol. The molecule has 0 bridgehead atoms. The van der Waals surface area contributed by atoms with Gasteiger partial charge in [0.15, 0.2) is 5.96 Å². The summed E-state index contributed by atoms with van der Waals surface area (Å²) in [5.74, 6) is 0.918. The van der Waals surface area contributed by atoms with Crippen LogP contribution in [0.2, 0.25) is 0 Å². The summed E-state index contributed by atoms with van der Waals surface area (Å²) in [6.45, 7) is 12.5. The maximum Gasteiger partial charge on any atom is 0.191 e. The predicted octanol–water partition coefficient (Wildman–Crippen LogP) is 1.94. The van der Waals surface area contributed by atoms with E-state index in [9.17, 15) is 0 Å². The zero-order valence-electron chi connectivity index (χ0n) is 15.5. The standard InChI is InChI=1S/C16H35N5S.HI/c1-16(2,22-5)14-19-15(17-3)18-8-6-7-9-21-12-10-20(4)11-13-21;/h6-14H2,1-5H3,(H2,17,18,19);1H. The zero-order chi connectivity index (χ0) is 16.4. The Morgan fingerprint density at radius 3 is 2.35 bits per heavy atom. The van der Waals surface area contributed by atoms with Crippen LogP contribution < -0.4 is 10.6 Å². The number of aliphatic imine (C=N–C) groups is 1. The van der Waals surface area contributed by atoms with Crippen molar-refractivity contribution in [2.24, 2.45) is 4.99 Å². The Bertz CT molecular complexity index is 330. The molecule has 2 N–H and O–H groups in total. The van der Waals surface area contributed by atoms with Gasteiger partial charge in [0.1, 0.15) is 0 Å². The maximum absolute atomic E-state index is 4.29. The first-order valence-corrected chi connectivity index (χ1v) is 9.60. The van der Waals surface area contributed by atoms with Crippen LogP contribution in [0.15, 0.2) is 4.99 Å². The lowest BCUT2D eigenvalue weighted by Crippen LogP contribution is -2.45. The van der Waals surface area contributed by atoms with Gasteiger partial charge < -0.3 is 20.4 Å². The molecule has 0 aromatic heterocycles. The Morgan fingerprint density at radius 2 is 1.78 bits per heavy atom. The Hall–Kier alpha value is 0.270. The van der Waals surface area contributed by atoms with Crippen LogP contribution in [-0.4, -0.2) is 86.7 Å². The van der Waals surface area contributed by atoms with Crippen molar-refractivity contribution in [3.8, 4) is 0 Å². The zero-order valence-corrected chi connectivity index (χ0v) is 18.7. The van der Waals surface area contributed by atoms with Gasteiger partial charge in [-0.15, -0.1) is 24.0 Å². The molecule has 0 aromatic rings. The van der Waals surface area contributed by atoms with Gasteiger partial charge in [0.05, 0.1) is 0 Å². The van der Waals surface area contributed by atoms with E-state index < -0.39 is 0 Å².